The number of urea groups is 1. The summed E-state index contributed by atoms with van der Waals surface area (Å²) in [5, 5.41) is 15.5. The smallest absolute Gasteiger partial charge is 0.410 e. The van der Waals surface area contributed by atoms with Gasteiger partial charge >= 0.3 is 12.1 Å². The number of anilines is 2. The Morgan fingerprint density at radius 3 is 2.21 bits per heavy atom. The van der Waals surface area contributed by atoms with E-state index in [0.717, 1.165) is 5.56 Å². The van der Waals surface area contributed by atoms with E-state index in [1.807, 2.05) is 18.2 Å². The first-order valence-corrected chi connectivity index (χ1v) is 9.40. The topological polar surface area (TPSA) is 90.9 Å². The van der Waals surface area contributed by atoms with Gasteiger partial charge in [-0.05, 0) is 55.8 Å². The van der Waals surface area contributed by atoms with Crippen molar-refractivity contribution >= 4 is 41.2 Å². The van der Waals surface area contributed by atoms with E-state index in [4.69, 9.17) is 16.3 Å². The number of carbonyl (C=O) groups excluding carboxylic acids is 1. The number of hydrogen-bond acceptors (Lipinski definition) is 3. The fraction of sp³-hybridized carbons (Fsp3) is 0.238. The minimum atomic E-state index is -1.02. The van der Waals surface area contributed by atoms with E-state index in [0.29, 0.717) is 23.0 Å². The average molecular weight is 416 g/mol. The molecule has 3 amide bonds. The standard InChI is InChI=1S/C21H22ClN3O4/c1-21(2)25(20(27)28)18(13-29-21)12-5-14-3-8-16(9-4-14)23-19(26)24-17-10-6-15(22)7-11-17/h3-12,18H,13H2,1-2H3,(H,27,28)(H2,23,24,26)/t18-/m0/s1. The molecule has 3 rings (SSSR count). The summed E-state index contributed by atoms with van der Waals surface area (Å²) in [6.07, 6.45) is 2.62. The maximum Gasteiger partial charge on any atom is 0.410 e. The molecular weight excluding hydrogens is 394 g/mol. The molecule has 2 aromatic carbocycles. The molecule has 8 heteroatoms. The van der Waals surface area contributed by atoms with E-state index in [1.54, 1.807) is 56.3 Å². The fourth-order valence-corrected chi connectivity index (χ4v) is 3.20. The van der Waals surface area contributed by atoms with Crippen LogP contribution in [0.25, 0.3) is 6.08 Å². The van der Waals surface area contributed by atoms with E-state index in [1.165, 1.54) is 4.90 Å². The molecule has 0 unspecified atom stereocenters. The second kappa shape index (κ2) is 8.55. The van der Waals surface area contributed by atoms with Crippen molar-refractivity contribution in [3.8, 4) is 0 Å². The Morgan fingerprint density at radius 1 is 1.10 bits per heavy atom. The molecule has 2 aromatic rings. The van der Waals surface area contributed by atoms with Crippen molar-refractivity contribution in [2.45, 2.75) is 25.6 Å². The van der Waals surface area contributed by atoms with Crippen molar-refractivity contribution in [2.24, 2.45) is 0 Å². The largest absolute Gasteiger partial charge is 0.465 e. The first-order chi connectivity index (χ1) is 13.7. The Morgan fingerprint density at radius 2 is 1.66 bits per heavy atom. The quantitative estimate of drug-likeness (QED) is 0.646. The fourth-order valence-electron chi connectivity index (χ4n) is 3.07. The summed E-state index contributed by atoms with van der Waals surface area (Å²) < 4.78 is 5.57. The van der Waals surface area contributed by atoms with Gasteiger partial charge in [0.2, 0.25) is 0 Å². The van der Waals surface area contributed by atoms with Crippen LogP contribution in [0.5, 0.6) is 0 Å². The van der Waals surface area contributed by atoms with Crippen LogP contribution in [0.15, 0.2) is 54.6 Å². The zero-order valence-electron chi connectivity index (χ0n) is 16.1. The third-order valence-electron chi connectivity index (χ3n) is 4.51. The van der Waals surface area contributed by atoms with Gasteiger partial charge in [0.15, 0.2) is 0 Å². The zero-order chi connectivity index (χ0) is 21.0. The van der Waals surface area contributed by atoms with Crippen molar-refractivity contribution in [2.75, 3.05) is 17.2 Å². The molecule has 29 heavy (non-hydrogen) atoms. The molecule has 152 valence electrons. The minimum Gasteiger partial charge on any atom is -0.465 e. The van der Waals surface area contributed by atoms with Gasteiger partial charge in [-0.1, -0.05) is 35.9 Å². The zero-order valence-corrected chi connectivity index (χ0v) is 16.8. The van der Waals surface area contributed by atoms with Crippen molar-refractivity contribution in [1.82, 2.24) is 4.90 Å². The Labute approximate surface area is 173 Å². The van der Waals surface area contributed by atoms with E-state index >= 15 is 0 Å². The predicted molar refractivity (Wildman–Crippen MR) is 113 cm³/mol. The lowest BCUT2D eigenvalue weighted by Gasteiger charge is -2.29. The van der Waals surface area contributed by atoms with Crippen LogP contribution in [0.4, 0.5) is 21.0 Å². The van der Waals surface area contributed by atoms with Gasteiger partial charge in [0.05, 0.1) is 12.6 Å². The number of halogens is 1. The van der Waals surface area contributed by atoms with Gasteiger partial charge in [0.25, 0.3) is 0 Å². The second-order valence-electron chi connectivity index (χ2n) is 7.04. The molecule has 1 saturated heterocycles. The van der Waals surface area contributed by atoms with Crippen molar-refractivity contribution < 1.29 is 19.4 Å². The Kier molecular flexibility index (Phi) is 6.10. The van der Waals surface area contributed by atoms with Gasteiger partial charge in [0, 0.05) is 16.4 Å². The molecule has 1 aliphatic rings. The monoisotopic (exact) mass is 415 g/mol. The summed E-state index contributed by atoms with van der Waals surface area (Å²) in [7, 11) is 0. The average Bonchev–Trinajstić information content (AvgIpc) is 2.97. The van der Waals surface area contributed by atoms with Crippen molar-refractivity contribution in [3.63, 3.8) is 0 Å². The van der Waals surface area contributed by atoms with Crippen LogP contribution in [0.1, 0.15) is 19.4 Å². The molecule has 0 saturated carbocycles. The van der Waals surface area contributed by atoms with Crippen LogP contribution in [0.3, 0.4) is 0 Å². The summed E-state index contributed by atoms with van der Waals surface area (Å²) in [6.45, 7) is 3.76. The molecule has 3 N–H and O–H groups in total. The molecule has 1 fully saturated rings. The highest BCUT2D eigenvalue weighted by molar-refractivity contribution is 6.30. The second-order valence-corrected chi connectivity index (χ2v) is 7.48. The highest BCUT2D eigenvalue weighted by Crippen LogP contribution is 2.28. The van der Waals surface area contributed by atoms with Crippen LogP contribution >= 0.6 is 11.6 Å². The Bertz CT molecular complexity index is 911. The molecule has 0 spiro atoms. The maximum atomic E-state index is 12.1. The molecule has 1 heterocycles. The molecular formula is C21H22ClN3O4. The lowest BCUT2D eigenvalue weighted by atomic mass is 10.1. The van der Waals surface area contributed by atoms with Crippen LogP contribution in [0, 0.1) is 0 Å². The number of benzene rings is 2. The molecule has 1 atom stereocenters. The highest BCUT2D eigenvalue weighted by atomic mass is 35.5. The number of hydrogen-bond donors (Lipinski definition) is 3. The number of nitrogens with one attached hydrogen (secondary N) is 2. The van der Waals surface area contributed by atoms with E-state index < -0.39 is 11.8 Å². The first-order valence-electron chi connectivity index (χ1n) is 9.03. The molecule has 1 aliphatic heterocycles. The van der Waals surface area contributed by atoms with Crippen LogP contribution in [-0.2, 0) is 4.74 Å². The maximum absolute atomic E-state index is 12.1. The van der Waals surface area contributed by atoms with Crippen LogP contribution in [0.2, 0.25) is 5.02 Å². The summed E-state index contributed by atoms with van der Waals surface area (Å²) in [6, 6.07) is 13.3. The van der Waals surface area contributed by atoms with Crippen LogP contribution in [-0.4, -0.2) is 40.5 Å². The van der Waals surface area contributed by atoms with Crippen LogP contribution < -0.4 is 10.6 Å². The third kappa shape index (κ3) is 5.28. The normalized spacial score (nSPS) is 18.0. The van der Waals surface area contributed by atoms with E-state index in [2.05, 4.69) is 10.6 Å². The molecule has 7 nitrogen and oxygen atoms in total. The lowest BCUT2D eigenvalue weighted by molar-refractivity contribution is -0.0409. The van der Waals surface area contributed by atoms with Crippen molar-refractivity contribution in [3.05, 3.63) is 65.2 Å². The summed E-state index contributed by atoms with van der Waals surface area (Å²) >= 11 is 5.82. The minimum absolute atomic E-state index is 0.306. The number of amides is 3. The van der Waals surface area contributed by atoms with Crippen molar-refractivity contribution in [1.29, 1.82) is 0 Å². The summed E-state index contributed by atoms with van der Waals surface area (Å²) in [4.78, 5) is 24.9. The number of rotatable bonds is 4. The number of ether oxygens (including phenoxy) is 1. The Hall–Kier alpha value is -3.03. The SMILES string of the molecule is CC1(C)OC[C@H](C=Cc2ccc(NC(=O)Nc3ccc(Cl)cc3)cc2)N1C(=O)O. The third-order valence-corrected chi connectivity index (χ3v) is 4.76. The van der Waals surface area contributed by atoms with Gasteiger partial charge in [-0.2, -0.15) is 0 Å². The molecule has 0 aromatic heterocycles. The van der Waals surface area contributed by atoms with Gasteiger partial charge in [0.1, 0.15) is 5.72 Å². The van der Waals surface area contributed by atoms with Gasteiger partial charge in [-0.15, -0.1) is 0 Å². The number of carbonyl (C=O) groups is 2. The van der Waals surface area contributed by atoms with Gasteiger partial charge in [-0.25, -0.2) is 9.59 Å². The summed E-state index contributed by atoms with van der Waals surface area (Å²) in [5.74, 6) is 0. The predicted octanol–water partition coefficient (Wildman–Crippen LogP) is 5.11. The number of carboxylic acid groups (broad SMARTS) is 1. The lowest BCUT2D eigenvalue weighted by Crippen LogP contribution is -2.46. The highest BCUT2D eigenvalue weighted by Gasteiger charge is 2.42. The molecule has 0 aliphatic carbocycles. The van der Waals surface area contributed by atoms with E-state index in [9.17, 15) is 14.7 Å². The summed E-state index contributed by atoms with van der Waals surface area (Å²) in [5.41, 5.74) is 1.29. The Balaban J connectivity index is 1.58. The molecule has 0 radical (unpaired) electrons. The van der Waals surface area contributed by atoms with Gasteiger partial charge < -0.3 is 20.5 Å². The van der Waals surface area contributed by atoms with Gasteiger partial charge in [-0.3, -0.25) is 4.90 Å². The molecule has 0 bridgehead atoms. The first kappa shape index (κ1) is 20.7. The van der Waals surface area contributed by atoms with E-state index in [-0.39, 0.29) is 12.1 Å². The number of nitrogens with zero attached hydrogens (tertiary/aromatic N) is 1.